The number of aryl methyl sites for hydroxylation is 2. The Kier molecular flexibility index (Phi) is 2.96. The minimum absolute atomic E-state index is 0.562. The Hall–Kier alpha value is -2.28. The van der Waals surface area contributed by atoms with E-state index in [9.17, 15) is 0 Å². The smallest absolute Gasteiger partial charge is 0.229 e. The molecule has 0 spiro atoms. The molecule has 0 radical (unpaired) electrons. The highest BCUT2D eigenvalue weighted by molar-refractivity contribution is 7.16. The molecule has 3 aromatic rings. The van der Waals surface area contributed by atoms with Gasteiger partial charge in [0.25, 0.3) is 0 Å². The molecule has 0 fully saturated rings. The highest BCUT2D eigenvalue weighted by Gasteiger charge is 2.11. The number of nitrogens with one attached hydrogen (secondary N) is 2. The van der Waals surface area contributed by atoms with E-state index in [1.165, 1.54) is 0 Å². The molecule has 6 nitrogen and oxygen atoms in total. The maximum absolute atomic E-state index is 4.54. The zero-order chi connectivity index (χ0) is 13.2. The maximum Gasteiger partial charge on any atom is 0.229 e. The van der Waals surface area contributed by atoms with Crippen LogP contribution in [0.4, 0.5) is 11.1 Å². The van der Waals surface area contributed by atoms with E-state index in [0.717, 1.165) is 27.0 Å². The first-order valence-corrected chi connectivity index (χ1v) is 6.57. The number of hydrogen-bond donors (Lipinski definition) is 2. The fraction of sp³-hybridized carbons (Fsp3) is 0.167. The molecule has 0 saturated heterocycles. The van der Waals surface area contributed by atoms with Crippen molar-refractivity contribution in [3.05, 3.63) is 35.2 Å². The Morgan fingerprint density at radius 2 is 2.16 bits per heavy atom. The molecule has 0 aromatic carbocycles. The lowest BCUT2D eigenvalue weighted by Gasteiger charge is -2.00. The minimum atomic E-state index is 0.562. The molecule has 3 aromatic heterocycles. The van der Waals surface area contributed by atoms with Gasteiger partial charge in [-0.2, -0.15) is 5.10 Å². The first kappa shape index (κ1) is 11.8. The third kappa shape index (κ3) is 2.45. The molecule has 96 valence electrons. The monoisotopic (exact) mass is 271 g/mol. The molecule has 0 aliphatic heterocycles. The number of rotatable bonds is 3. The molecule has 0 aliphatic carbocycles. The summed E-state index contributed by atoms with van der Waals surface area (Å²) < 4.78 is 0. The summed E-state index contributed by atoms with van der Waals surface area (Å²) in [5.41, 5.74) is 2.82. The Bertz CT molecular complexity index is 688. The predicted molar refractivity (Wildman–Crippen MR) is 74.5 cm³/mol. The highest BCUT2D eigenvalue weighted by Crippen LogP contribution is 2.30. The number of aromatic amines is 1. The van der Waals surface area contributed by atoms with Crippen molar-refractivity contribution in [2.45, 2.75) is 13.8 Å². The fourth-order valence-electron chi connectivity index (χ4n) is 1.70. The zero-order valence-corrected chi connectivity index (χ0v) is 11.3. The molecule has 0 aliphatic rings. The van der Waals surface area contributed by atoms with Crippen molar-refractivity contribution in [2.75, 3.05) is 5.32 Å². The van der Waals surface area contributed by atoms with Crippen LogP contribution in [-0.4, -0.2) is 25.1 Å². The summed E-state index contributed by atoms with van der Waals surface area (Å²) in [6.45, 7) is 3.96. The van der Waals surface area contributed by atoms with Crippen molar-refractivity contribution in [2.24, 2.45) is 0 Å². The van der Waals surface area contributed by atoms with Gasteiger partial charge in [-0.3, -0.25) is 5.10 Å². The molecule has 0 atom stereocenters. The van der Waals surface area contributed by atoms with Gasteiger partial charge in [-0.25, -0.2) is 15.0 Å². The van der Waals surface area contributed by atoms with E-state index < -0.39 is 0 Å². The standard InChI is InChI=1S/C12H12N6S/c1-7-3-4-13-11(16-7)18-12-17-10(8(2)19-12)9-5-14-15-6-9/h3-6H,1-2H3,(H,14,15)(H,13,16,17,18)/i1-1. The normalized spacial score (nSPS) is 10.6. The second-order valence-electron chi connectivity index (χ2n) is 4.06. The van der Waals surface area contributed by atoms with Gasteiger partial charge < -0.3 is 5.32 Å². The summed E-state index contributed by atoms with van der Waals surface area (Å²) in [5.74, 6) is 0.562. The maximum atomic E-state index is 4.54. The average Bonchev–Trinajstić information content (AvgIpc) is 2.98. The summed E-state index contributed by atoms with van der Waals surface area (Å²) in [5, 5.41) is 10.6. The number of thiazole rings is 1. The SMILES string of the molecule is Cc1sc(Nc2nccc([11CH3])n2)nc1-c1cn[nH]c1. The van der Waals surface area contributed by atoms with Crippen LogP contribution in [0.1, 0.15) is 10.6 Å². The minimum Gasteiger partial charge on any atom is -0.300 e. The van der Waals surface area contributed by atoms with Gasteiger partial charge in [-0.15, -0.1) is 11.3 Å². The van der Waals surface area contributed by atoms with Crippen LogP contribution in [0.3, 0.4) is 0 Å². The van der Waals surface area contributed by atoms with E-state index in [-0.39, 0.29) is 0 Å². The van der Waals surface area contributed by atoms with Gasteiger partial charge >= 0.3 is 0 Å². The third-order valence-corrected chi connectivity index (χ3v) is 3.47. The van der Waals surface area contributed by atoms with Crippen LogP contribution >= 0.6 is 11.3 Å². The van der Waals surface area contributed by atoms with Crippen molar-refractivity contribution < 1.29 is 0 Å². The van der Waals surface area contributed by atoms with Crippen LogP contribution in [0.15, 0.2) is 24.7 Å². The number of H-pyrrole nitrogens is 1. The molecule has 3 heterocycles. The number of anilines is 2. The van der Waals surface area contributed by atoms with E-state index in [2.05, 4.69) is 30.5 Å². The first-order chi connectivity index (χ1) is 9.22. The molecule has 3 rings (SSSR count). The van der Waals surface area contributed by atoms with Crippen LogP contribution in [0.25, 0.3) is 11.3 Å². The second kappa shape index (κ2) is 4.77. The highest BCUT2D eigenvalue weighted by atomic mass is 32.1. The molecule has 0 unspecified atom stereocenters. The molecule has 2 N–H and O–H groups in total. The molecular formula is C12H12N6S. The van der Waals surface area contributed by atoms with Crippen LogP contribution in [0, 0.1) is 13.8 Å². The van der Waals surface area contributed by atoms with Crippen molar-refractivity contribution in [3.63, 3.8) is 0 Å². The van der Waals surface area contributed by atoms with E-state index in [0.29, 0.717) is 5.95 Å². The van der Waals surface area contributed by atoms with Gasteiger partial charge in [0.05, 0.1) is 11.9 Å². The molecule has 0 bridgehead atoms. The van der Waals surface area contributed by atoms with Crippen molar-refractivity contribution in [1.82, 2.24) is 25.1 Å². The third-order valence-electron chi connectivity index (χ3n) is 2.58. The van der Waals surface area contributed by atoms with E-state index in [1.54, 1.807) is 23.7 Å². The Balaban J connectivity index is 1.89. The lowest BCUT2D eigenvalue weighted by molar-refractivity contribution is 1.09. The van der Waals surface area contributed by atoms with Gasteiger partial charge in [0.1, 0.15) is 0 Å². The van der Waals surface area contributed by atoms with Crippen LogP contribution in [0.2, 0.25) is 0 Å². The van der Waals surface area contributed by atoms with Gasteiger partial charge in [0.2, 0.25) is 5.95 Å². The van der Waals surface area contributed by atoms with Crippen LogP contribution in [-0.2, 0) is 0 Å². The van der Waals surface area contributed by atoms with Crippen LogP contribution < -0.4 is 5.32 Å². The number of hydrogen-bond acceptors (Lipinski definition) is 6. The Morgan fingerprint density at radius 1 is 1.26 bits per heavy atom. The summed E-state index contributed by atoms with van der Waals surface area (Å²) in [4.78, 5) is 14.1. The quantitative estimate of drug-likeness (QED) is 0.765. The summed E-state index contributed by atoms with van der Waals surface area (Å²) in [7, 11) is 0. The van der Waals surface area contributed by atoms with Gasteiger partial charge in [-0.05, 0) is 19.9 Å². The van der Waals surface area contributed by atoms with Crippen molar-refractivity contribution in [1.29, 1.82) is 0 Å². The van der Waals surface area contributed by atoms with Crippen LogP contribution in [0.5, 0.6) is 0 Å². The molecule has 0 saturated carbocycles. The van der Waals surface area contributed by atoms with Gasteiger partial charge in [0, 0.05) is 28.5 Å². The van der Waals surface area contributed by atoms with Crippen molar-refractivity contribution >= 4 is 22.4 Å². The van der Waals surface area contributed by atoms with E-state index in [1.807, 2.05) is 26.1 Å². The first-order valence-electron chi connectivity index (χ1n) is 5.75. The summed E-state index contributed by atoms with van der Waals surface area (Å²) >= 11 is 1.57. The van der Waals surface area contributed by atoms with Crippen molar-refractivity contribution in [3.8, 4) is 11.3 Å². The Morgan fingerprint density at radius 3 is 2.89 bits per heavy atom. The fourth-order valence-corrected chi connectivity index (χ4v) is 2.53. The molecule has 0 amide bonds. The average molecular weight is 271 g/mol. The van der Waals surface area contributed by atoms with E-state index >= 15 is 0 Å². The van der Waals surface area contributed by atoms with E-state index in [4.69, 9.17) is 0 Å². The molecule has 19 heavy (non-hydrogen) atoms. The lowest BCUT2D eigenvalue weighted by atomic mass is 10.2. The number of nitrogens with zero attached hydrogens (tertiary/aromatic N) is 4. The lowest BCUT2D eigenvalue weighted by Crippen LogP contribution is -1.97. The van der Waals surface area contributed by atoms with Gasteiger partial charge in [0.15, 0.2) is 5.13 Å². The topological polar surface area (TPSA) is 79.4 Å². The summed E-state index contributed by atoms with van der Waals surface area (Å²) in [6.07, 6.45) is 5.31. The number of aromatic nitrogens is 5. The molecular weight excluding hydrogens is 259 g/mol. The van der Waals surface area contributed by atoms with Gasteiger partial charge in [-0.1, -0.05) is 0 Å². The predicted octanol–water partition coefficient (Wildman–Crippen LogP) is 2.68. The molecule has 7 heteroatoms. The second-order valence-corrected chi connectivity index (χ2v) is 5.26. The largest absolute Gasteiger partial charge is 0.300 e. The Labute approximate surface area is 114 Å². The summed E-state index contributed by atoms with van der Waals surface area (Å²) in [6, 6.07) is 1.86. The zero-order valence-electron chi connectivity index (χ0n) is 10.5.